The maximum atomic E-state index is 12.4. The van der Waals surface area contributed by atoms with Crippen molar-refractivity contribution in [3.63, 3.8) is 0 Å². The zero-order valence-electron chi connectivity index (χ0n) is 9.12. The first-order valence-corrected chi connectivity index (χ1v) is 7.72. The molecule has 1 saturated heterocycles. The first kappa shape index (κ1) is 13.1. The summed E-state index contributed by atoms with van der Waals surface area (Å²) in [4.78, 5) is 0.0789. The van der Waals surface area contributed by atoms with Gasteiger partial charge >= 0.3 is 0 Å². The van der Waals surface area contributed by atoms with E-state index >= 15 is 0 Å². The number of rotatable bonds is 2. The monoisotopic (exact) mass is 293 g/mol. The van der Waals surface area contributed by atoms with E-state index in [4.69, 9.17) is 23.2 Å². The Morgan fingerprint density at radius 3 is 2.18 bits per heavy atom. The maximum absolute atomic E-state index is 12.4. The second-order valence-corrected chi connectivity index (χ2v) is 7.02. The summed E-state index contributed by atoms with van der Waals surface area (Å²) >= 11 is 11.9. The van der Waals surface area contributed by atoms with Crippen LogP contribution < -0.4 is 5.32 Å². The van der Waals surface area contributed by atoms with Crippen molar-refractivity contribution in [1.29, 1.82) is 0 Å². The third-order valence-corrected chi connectivity index (χ3v) is 6.14. The van der Waals surface area contributed by atoms with Crippen LogP contribution in [0.2, 0.25) is 10.0 Å². The van der Waals surface area contributed by atoms with Crippen LogP contribution in [0.25, 0.3) is 0 Å². The molecule has 0 spiro atoms. The molecule has 1 aliphatic rings. The molecule has 0 radical (unpaired) electrons. The van der Waals surface area contributed by atoms with Crippen molar-refractivity contribution in [1.82, 2.24) is 5.32 Å². The molecule has 0 aliphatic carbocycles. The molecule has 1 aromatic rings. The molecule has 17 heavy (non-hydrogen) atoms. The number of hydrogen-bond acceptors (Lipinski definition) is 3. The van der Waals surface area contributed by atoms with Crippen LogP contribution in [-0.2, 0) is 9.84 Å². The quantitative estimate of drug-likeness (QED) is 0.911. The third kappa shape index (κ3) is 2.60. The Kier molecular flexibility index (Phi) is 3.98. The molecule has 0 atom stereocenters. The molecular weight excluding hydrogens is 281 g/mol. The first-order chi connectivity index (χ1) is 8.03. The fraction of sp³-hybridized carbons (Fsp3) is 0.455. The number of sulfone groups is 1. The molecule has 0 bridgehead atoms. The fourth-order valence-electron chi connectivity index (χ4n) is 2.03. The second-order valence-electron chi connectivity index (χ2n) is 4.05. The number of nitrogens with one attached hydrogen (secondary N) is 1. The summed E-state index contributed by atoms with van der Waals surface area (Å²) in [5.74, 6) is 0. The molecule has 0 aromatic heterocycles. The lowest BCUT2D eigenvalue weighted by molar-refractivity contribution is 0.496. The van der Waals surface area contributed by atoms with E-state index in [1.54, 1.807) is 18.2 Å². The first-order valence-electron chi connectivity index (χ1n) is 5.42. The molecular formula is C11H13Cl2NO2S. The lowest BCUT2D eigenvalue weighted by atomic mass is 10.2. The van der Waals surface area contributed by atoms with Crippen molar-refractivity contribution in [2.75, 3.05) is 13.1 Å². The molecule has 0 amide bonds. The van der Waals surface area contributed by atoms with Gasteiger partial charge in [0.15, 0.2) is 9.84 Å². The van der Waals surface area contributed by atoms with Gasteiger partial charge in [-0.3, -0.25) is 0 Å². The molecule has 1 aliphatic heterocycles. The van der Waals surface area contributed by atoms with Gasteiger partial charge in [-0.25, -0.2) is 8.42 Å². The van der Waals surface area contributed by atoms with Crippen molar-refractivity contribution >= 4 is 33.0 Å². The Labute approximate surface area is 111 Å². The lowest BCUT2D eigenvalue weighted by Crippen LogP contribution is -2.36. The Balaban J connectivity index is 2.44. The number of hydrogen-bond donors (Lipinski definition) is 1. The molecule has 1 heterocycles. The van der Waals surface area contributed by atoms with Crippen LogP contribution in [0.1, 0.15) is 12.8 Å². The van der Waals surface area contributed by atoms with Gasteiger partial charge in [-0.05, 0) is 38.1 Å². The molecule has 6 heteroatoms. The summed E-state index contributed by atoms with van der Waals surface area (Å²) in [7, 11) is -3.43. The molecule has 1 fully saturated rings. The molecule has 0 saturated carbocycles. The van der Waals surface area contributed by atoms with E-state index in [9.17, 15) is 8.42 Å². The van der Waals surface area contributed by atoms with Crippen molar-refractivity contribution in [3.05, 3.63) is 28.2 Å². The van der Waals surface area contributed by atoms with Crippen molar-refractivity contribution in [2.45, 2.75) is 23.0 Å². The van der Waals surface area contributed by atoms with E-state index in [-0.39, 0.29) is 20.2 Å². The summed E-state index contributed by atoms with van der Waals surface area (Å²) < 4.78 is 24.9. The molecule has 1 N–H and O–H groups in total. The average Bonchev–Trinajstić information content (AvgIpc) is 2.29. The van der Waals surface area contributed by atoms with Crippen LogP contribution in [0.5, 0.6) is 0 Å². The molecule has 1 aromatic carbocycles. The van der Waals surface area contributed by atoms with Crippen LogP contribution in [0, 0.1) is 0 Å². The zero-order valence-corrected chi connectivity index (χ0v) is 11.4. The fourth-order valence-corrected chi connectivity index (χ4v) is 4.94. The summed E-state index contributed by atoms with van der Waals surface area (Å²) in [5, 5.41) is 3.16. The van der Waals surface area contributed by atoms with Crippen molar-refractivity contribution in [2.24, 2.45) is 0 Å². The molecule has 0 unspecified atom stereocenters. The van der Waals surface area contributed by atoms with Gasteiger partial charge in [0.25, 0.3) is 0 Å². The normalized spacial score (nSPS) is 18.2. The van der Waals surface area contributed by atoms with Gasteiger partial charge in [0.05, 0.1) is 15.3 Å². The third-order valence-electron chi connectivity index (χ3n) is 2.93. The summed E-state index contributed by atoms with van der Waals surface area (Å²) in [5.41, 5.74) is 0. The topological polar surface area (TPSA) is 46.2 Å². The van der Waals surface area contributed by atoms with Crippen LogP contribution in [-0.4, -0.2) is 26.8 Å². The minimum atomic E-state index is -3.43. The van der Waals surface area contributed by atoms with Gasteiger partial charge in [-0.1, -0.05) is 29.3 Å². The highest BCUT2D eigenvalue weighted by molar-refractivity contribution is 7.92. The van der Waals surface area contributed by atoms with Gasteiger partial charge in [0.2, 0.25) is 0 Å². The number of benzene rings is 1. The van der Waals surface area contributed by atoms with Crippen molar-refractivity contribution < 1.29 is 8.42 Å². The van der Waals surface area contributed by atoms with E-state index in [1.165, 1.54) is 0 Å². The Morgan fingerprint density at radius 1 is 1.12 bits per heavy atom. The van der Waals surface area contributed by atoms with Gasteiger partial charge in [0.1, 0.15) is 4.90 Å². The van der Waals surface area contributed by atoms with Crippen LogP contribution in [0.3, 0.4) is 0 Å². The lowest BCUT2D eigenvalue weighted by Gasteiger charge is -2.23. The molecule has 2 rings (SSSR count). The van der Waals surface area contributed by atoms with Crippen LogP contribution in [0.15, 0.2) is 23.1 Å². The highest BCUT2D eigenvalue weighted by atomic mass is 35.5. The molecule has 3 nitrogen and oxygen atoms in total. The van der Waals surface area contributed by atoms with Gasteiger partial charge in [-0.2, -0.15) is 0 Å². The summed E-state index contributed by atoms with van der Waals surface area (Å²) in [6, 6.07) is 4.76. The summed E-state index contributed by atoms with van der Waals surface area (Å²) in [6.07, 6.45) is 1.20. The second kappa shape index (κ2) is 5.14. The van der Waals surface area contributed by atoms with Crippen LogP contribution >= 0.6 is 23.2 Å². The minimum Gasteiger partial charge on any atom is -0.317 e. The minimum absolute atomic E-state index is 0.0789. The van der Waals surface area contributed by atoms with Gasteiger partial charge in [0, 0.05) is 0 Å². The van der Waals surface area contributed by atoms with Gasteiger partial charge < -0.3 is 5.32 Å². The largest absolute Gasteiger partial charge is 0.317 e. The Hall–Kier alpha value is -0.290. The highest BCUT2D eigenvalue weighted by Gasteiger charge is 2.32. The van der Waals surface area contributed by atoms with E-state index in [0.717, 1.165) is 0 Å². The Morgan fingerprint density at radius 2 is 1.65 bits per heavy atom. The SMILES string of the molecule is O=S(=O)(c1c(Cl)cccc1Cl)C1CCNCC1. The molecule has 94 valence electrons. The van der Waals surface area contributed by atoms with Crippen LogP contribution in [0.4, 0.5) is 0 Å². The van der Waals surface area contributed by atoms with Crippen molar-refractivity contribution in [3.8, 4) is 0 Å². The average molecular weight is 294 g/mol. The smallest absolute Gasteiger partial charge is 0.184 e. The standard InChI is InChI=1S/C11H13Cl2NO2S/c12-9-2-1-3-10(13)11(9)17(15,16)8-4-6-14-7-5-8/h1-3,8,14H,4-7H2. The predicted octanol–water partition coefficient (Wildman–Crippen LogP) is 2.52. The van der Waals surface area contributed by atoms with E-state index in [0.29, 0.717) is 25.9 Å². The highest BCUT2D eigenvalue weighted by Crippen LogP contribution is 2.33. The van der Waals surface area contributed by atoms with E-state index in [1.807, 2.05) is 0 Å². The Bertz CT molecular complexity index is 490. The summed E-state index contributed by atoms with van der Waals surface area (Å²) in [6.45, 7) is 1.43. The van der Waals surface area contributed by atoms with E-state index < -0.39 is 9.84 Å². The number of piperidine rings is 1. The zero-order chi connectivity index (χ0) is 12.5. The maximum Gasteiger partial charge on any atom is 0.184 e. The predicted molar refractivity (Wildman–Crippen MR) is 69.5 cm³/mol. The number of halogens is 2. The van der Waals surface area contributed by atoms with Gasteiger partial charge in [-0.15, -0.1) is 0 Å². The van der Waals surface area contributed by atoms with E-state index in [2.05, 4.69) is 5.32 Å².